The van der Waals surface area contributed by atoms with Gasteiger partial charge in [0.1, 0.15) is 5.69 Å². The van der Waals surface area contributed by atoms with Gasteiger partial charge in [0.25, 0.3) is 0 Å². The van der Waals surface area contributed by atoms with Gasteiger partial charge in [-0.1, -0.05) is 0 Å². The van der Waals surface area contributed by atoms with Gasteiger partial charge in [-0.05, 0) is 24.3 Å². The van der Waals surface area contributed by atoms with Gasteiger partial charge in [0, 0.05) is 6.54 Å². The minimum Gasteiger partial charge on any atom is -0.463 e. The third-order valence-electron chi connectivity index (χ3n) is 2.35. The minimum absolute atomic E-state index is 0.416. The molecule has 0 unspecified atom stereocenters. The molecule has 0 saturated heterocycles. The van der Waals surface area contributed by atoms with Gasteiger partial charge in [0.15, 0.2) is 11.4 Å². The molecule has 3 aromatic rings. The molecule has 0 radical (unpaired) electrons. The van der Waals surface area contributed by atoms with Crippen molar-refractivity contribution in [3.05, 3.63) is 42.4 Å². The highest BCUT2D eigenvalue weighted by atomic mass is 16.3. The van der Waals surface area contributed by atoms with Crippen molar-refractivity contribution < 1.29 is 4.42 Å². The van der Waals surface area contributed by atoms with Crippen LogP contribution in [0, 0.1) is 0 Å². The van der Waals surface area contributed by atoms with E-state index in [1.807, 2.05) is 30.5 Å². The number of hydrogen-bond donors (Lipinski definition) is 1. The van der Waals surface area contributed by atoms with Crippen LogP contribution in [-0.2, 0) is 6.54 Å². The van der Waals surface area contributed by atoms with Crippen molar-refractivity contribution in [3.8, 4) is 11.5 Å². The molecule has 5 heteroatoms. The second kappa shape index (κ2) is 3.46. The standard InChI is InChI=1S/C11H10N4O/c12-6-8-7-15-11(13-8)4-3-9(14-15)10-2-1-5-16-10/h1-5,7H,6,12H2. The van der Waals surface area contributed by atoms with E-state index in [9.17, 15) is 0 Å². The lowest BCUT2D eigenvalue weighted by atomic mass is 10.3. The maximum Gasteiger partial charge on any atom is 0.154 e. The molecule has 0 bridgehead atoms. The van der Waals surface area contributed by atoms with Gasteiger partial charge in [-0.25, -0.2) is 9.50 Å². The van der Waals surface area contributed by atoms with Crippen LogP contribution in [0.3, 0.4) is 0 Å². The first kappa shape index (κ1) is 9.11. The van der Waals surface area contributed by atoms with Crippen LogP contribution in [0.4, 0.5) is 0 Å². The van der Waals surface area contributed by atoms with Crippen LogP contribution in [0.5, 0.6) is 0 Å². The Bertz CT molecular complexity index is 612. The summed E-state index contributed by atoms with van der Waals surface area (Å²) in [6.07, 6.45) is 3.45. The predicted octanol–water partition coefficient (Wildman–Crippen LogP) is 1.45. The number of rotatable bonds is 2. The van der Waals surface area contributed by atoms with Gasteiger partial charge in [0.05, 0.1) is 18.2 Å². The zero-order valence-electron chi connectivity index (χ0n) is 8.50. The molecule has 0 aliphatic carbocycles. The summed E-state index contributed by atoms with van der Waals surface area (Å²) in [6, 6.07) is 7.47. The van der Waals surface area contributed by atoms with Crippen molar-refractivity contribution in [2.24, 2.45) is 5.73 Å². The van der Waals surface area contributed by atoms with E-state index < -0.39 is 0 Å². The molecule has 0 amide bonds. The summed E-state index contributed by atoms with van der Waals surface area (Å²) in [5.41, 5.74) is 7.91. The Kier molecular flexibility index (Phi) is 1.97. The second-order valence-corrected chi connectivity index (χ2v) is 3.44. The van der Waals surface area contributed by atoms with Gasteiger partial charge in [-0.3, -0.25) is 0 Å². The first-order valence-corrected chi connectivity index (χ1v) is 4.96. The van der Waals surface area contributed by atoms with Crippen molar-refractivity contribution in [2.75, 3.05) is 0 Å². The van der Waals surface area contributed by atoms with E-state index in [0.717, 1.165) is 22.8 Å². The molecule has 0 atom stereocenters. The average molecular weight is 214 g/mol. The highest BCUT2D eigenvalue weighted by Gasteiger charge is 2.05. The van der Waals surface area contributed by atoms with Crippen LogP contribution >= 0.6 is 0 Å². The number of aromatic nitrogens is 3. The molecule has 0 saturated carbocycles. The van der Waals surface area contributed by atoms with Gasteiger partial charge in [0.2, 0.25) is 0 Å². The smallest absolute Gasteiger partial charge is 0.154 e. The number of imidazole rings is 1. The monoisotopic (exact) mass is 214 g/mol. The van der Waals surface area contributed by atoms with E-state index in [4.69, 9.17) is 10.2 Å². The van der Waals surface area contributed by atoms with Gasteiger partial charge < -0.3 is 10.2 Å². The van der Waals surface area contributed by atoms with Gasteiger partial charge in [-0.2, -0.15) is 5.10 Å². The molecule has 3 rings (SSSR count). The second-order valence-electron chi connectivity index (χ2n) is 3.44. The number of fused-ring (bicyclic) bond motifs is 1. The van der Waals surface area contributed by atoms with Crippen LogP contribution in [0.2, 0.25) is 0 Å². The SMILES string of the molecule is NCc1cn2nc(-c3ccco3)ccc2n1. The lowest BCUT2D eigenvalue weighted by molar-refractivity contribution is 0.578. The lowest BCUT2D eigenvalue weighted by Gasteiger charge is -1.96. The molecular formula is C11H10N4O. The van der Waals surface area contributed by atoms with E-state index in [1.54, 1.807) is 10.8 Å². The Balaban J connectivity index is 2.15. The van der Waals surface area contributed by atoms with Crippen LogP contribution in [0.25, 0.3) is 17.1 Å². The molecule has 0 fully saturated rings. The summed E-state index contributed by atoms with van der Waals surface area (Å²) in [5, 5.41) is 4.39. The van der Waals surface area contributed by atoms with E-state index >= 15 is 0 Å². The molecule has 0 aliphatic rings. The summed E-state index contributed by atoms with van der Waals surface area (Å²) in [6.45, 7) is 0.416. The van der Waals surface area contributed by atoms with Gasteiger partial charge >= 0.3 is 0 Å². The molecule has 80 valence electrons. The number of nitrogens with two attached hydrogens (primary N) is 1. The molecule has 3 heterocycles. The highest BCUT2D eigenvalue weighted by Crippen LogP contribution is 2.17. The van der Waals surface area contributed by atoms with Crippen LogP contribution in [-0.4, -0.2) is 14.6 Å². The van der Waals surface area contributed by atoms with E-state index in [0.29, 0.717) is 6.54 Å². The lowest BCUT2D eigenvalue weighted by Crippen LogP contribution is -1.95. The maximum atomic E-state index is 5.52. The molecular weight excluding hydrogens is 204 g/mol. The number of hydrogen-bond acceptors (Lipinski definition) is 4. The minimum atomic E-state index is 0.416. The fraction of sp³-hybridized carbons (Fsp3) is 0.0909. The Hall–Kier alpha value is -2.14. The summed E-state index contributed by atoms with van der Waals surface area (Å²) >= 11 is 0. The molecule has 0 aromatic carbocycles. The molecule has 3 aromatic heterocycles. The topological polar surface area (TPSA) is 69.3 Å². The quantitative estimate of drug-likeness (QED) is 0.701. The van der Waals surface area contributed by atoms with Crippen LogP contribution < -0.4 is 5.73 Å². The van der Waals surface area contributed by atoms with E-state index in [2.05, 4.69) is 10.1 Å². The Morgan fingerprint density at radius 1 is 1.31 bits per heavy atom. The van der Waals surface area contributed by atoms with Crippen LogP contribution in [0.15, 0.2) is 41.1 Å². The maximum absolute atomic E-state index is 5.52. The molecule has 0 aliphatic heterocycles. The predicted molar refractivity (Wildman–Crippen MR) is 58.6 cm³/mol. The van der Waals surface area contributed by atoms with Crippen molar-refractivity contribution in [3.63, 3.8) is 0 Å². The molecule has 16 heavy (non-hydrogen) atoms. The van der Waals surface area contributed by atoms with Crippen LogP contribution in [0.1, 0.15) is 5.69 Å². The molecule has 5 nitrogen and oxygen atoms in total. The Morgan fingerprint density at radius 2 is 2.25 bits per heavy atom. The largest absolute Gasteiger partial charge is 0.463 e. The van der Waals surface area contributed by atoms with E-state index in [1.165, 1.54) is 0 Å². The normalized spacial score (nSPS) is 11.1. The van der Waals surface area contributed by atoms with Crippen molar-refractivity contribution in [1.29, 1.82) is 0 Å². The highest BCUT2D eigenvalue weighted by molar-refractivity contribution is 5.54. The third kappa shape index (κ3) is 1.38. The summed E-state index contributed by atoms with van der Waals surface area (Å²) < 4.78 is 6.99. The molecule has 0 spiro atoms. The first-order chi connectivity index (χ1) is 7.86. The Morgan fingerprint density at radius 3 is 3.00 bits per heavy atom. The van der Waals surface area contributed by atoms with Gasteiger partial charge in [-0.15, -0.1) is 0 Å². The first-order valence-electron chi connectivity index (χ1n) is 4.96. The zero-order chi connectivity index (χ0) is 11.0. The third-order valence-corrected chi connectivity index (χ3v) is 2.35. The van der Waals surface area contributed by atoms with E-state index in [-0.39, 0.29) is 0 Å². The molecule has 2 N–H and O–H groups in total. The number of furan rings is 1. The van der Waals surface area contributed by atoms with Crippen molar-refractivity contribution >= 4 is 5.65 Å². The fourth-order valence-electron chi connectivity index (χ4n) is 1.59. The zero-order valence-corrected chi connectivity index (χ0v) is 8.50. The average Bonchev–Trinajstić information content (AvgIpc) is 2.96. The summed E-state index contributed by atoms with van der Waals surface area (Å²) in [7, 11) is 0. The van der Waals surface area contributed by atoms with Crippen molar-refractivity contribution in [2.45, 2.75) is 6.54 Å². The Labute approximate surface area is 91.5 Å². The fourth-order valence-corrected chi connectivity index (χ4v) is 1.59. The summed E-state index contributed by atoms with van der Waals surface area (Å²) in [5.74, 6) is 0.741. The van der Waals surface area contributed by atoms with Crippen molar-refractivity contribution in [1.82, 2.24) is 14.6 Å². The number of nitrogens with zero attached hydrogens (tertiary/aromatic N) is 3. The summed E-state index contributed by atoms with van der Waals surface area (Å²) in [4.78, 5) is 4.30.